The topological polar surface area (TPSA) is 56.1 Å². The van der Waals surface area contributed by atoms with Crippen LogP contribution in [0.5, 0.6) is 5.75 Å². The summed E-state index contributed by atoms with van der Waals surface area (Å²) >= 11 is 0. The molecule has 0 saturated heterocycles. The van der Waals surface area contributed by atoms with Gasteiger partial charge >= 0.3 is 0 Å². The molecular weight excluding hydrogens is 261 g/mol. The number of benzene rings is 1. The summed E-state index contributed by atoms with van der Waals surface area (Å²) in [6, 6.07) is 4.14. The number of amides is 1. The van der Waals surface area contributed by atoms with Gasteiger partial charge in [-0.15, -0.1) is 0 Å². The zero-order chi connectivity index (χ0) is 14.7. The first-order valence-corrected chi connectivity index (χ1v) is 6.12. The summed E-state index contributed by atoms with van der Waals surface area (Å²) in [6.45, 7) is 2.17. The molecule has 20 heavy (non-hydrogen) atoms. The Bertz CT molecular complexity index is 637. The van der Waals surface area contributed by atoms with Gasteiger partial charge in [-0.2, -0.15) is 5.10 Å². The molecule has 0 atom stereocenters. The van der Waals surface area contributed by atoms with Gasteiger partial charge in [-0.1, -0.05) is 0 Å². The molecule has 0 radical (unpaired) electrons. The summed E-state index contributed by atoms with van der Waals surface area (Å²) < 4.78 is 20.3. The molecule has 106 valence electrons. The maximum Gasteiger partial charge on any atom is 0.254 e. The standard InChI is InChI=1S/C14H16FN3O2/c1-9-10(8-18(2)17-9)7-16-14(19)12-5-4-11(20-3)6-13(12)15/h4-6,8H,7H2,1-3H3,(H,16,19). The number of ether oxygens (including phenoxy) is 1. The van der Waals surface area contributed by atoms with Crippen molar-refractivity contribution in [2.45, 2.75) is 13.5 Å². The number of nitrogens with zero attached hydrogens (tertiary/aromatic N) is 2. The van der Waals surface area contributed by atoms with Gasteiger partial charge in [0.1, 0.15) is 11.6 Å². The SMILES string of the molecule is COc1ccc(C(=O)NCc2cn(C)nc2C)c(F)c1. The lowest BCUT2D eigenvalue weighted by atomic mass is 10.2. The monoisotopic (exact) mass is 277 g/mol. The molecule has 1 N–H and O–H groups in total. The van der Waals surface area contributed by atoms with Gasteiger partial charge in [0.05, 0.1) is 18.4 Å². The van der Waals surface area contributed by atoms with Crippen LogP contribution in [0.25, 0.3) is 0 Å². The van der Waals surface area contributed by atoms with Crippen LogP contribution in [-0.2, 0) is 13.6 Å². The number of carbonyl (C=O) groups excluding carboxylic acids is 1. The fraction of sp³-hybridized carbons (Fsp3) is 0.286. The fourth-order valence-electron chi connectivity index (χ4n) is 1.90. The Morgan fingerprint density at radius 1 is 1.50 bits per heavy atom. The van der Waals surface area contributed by atoms with E-state index in [1.54, 1.807) is 10.7 Å². The molecule has 1 amide bonds. The molecule has 1 heterocycles. The predicted octanol–water partition coefficient (Wildman–Crippen LogP) is 1.81. The molecule has 1 aromatic heterocycles. The third-order valence-corrected chi connectivity index (χ3v) is 2.98. The Labute approximate surface area is 116 Å². The number of carbonyl (C=O) groups is 1. The average Bonchev–Trinajstić information content (AvgIpc) is 2.74. The highest BCUT2D eigenvalue weighted by molar-refractivity contribution is 5.94. The van der Waals surface area contributed by atoms with E-state index in [1.165, 1.54) is 19.2 Å². The lowest BCUT2D eigenvalue weighted by Gasteiger charge is -2.07. The largest absolute Gasteiger partial charge is 0.497 e. The number of hydrogen-bond donors (Lipinski definition) is 1. The van der Waals surface area contributed by atoms with Gasteiger partial charge in [0.15, 0.2) is 0 Å². The van der Waals surface area contributed by atoms with Gasteiger partial charge in [0, 0.05) is 31.4 Å². The molecule has 0 aliphatic carbocycles. The van der Waals surface area contributed by atoms with Crippen LogP contribution in [-0.4, -0.2) is 22.8 Å². The van der Waals surface area contributed by atoms with Crippen molar-refractivity contribution in [3.05, 3.63) is 47.0 Å². The molecule has 0 aliphatic heterocycles. The summed E-state index contributed by atoms with van der Waals surface area (Å²) in [5.41, 5.74) is 1.73. The first-order chi connectivity index (χ1) is 9.51. The lowest BCUT2D eigenvalue weighted by Crippen LogP contribution is -2.24. The normalized spacial score (nSPS) is 10.4. The number of aryl methyl sites for hydroxylation is 2. The molecule has 0 aliphatic rings. The van der Waals surface area contributed by atoms with E-state index in [0.29, 0.717) is 12.3 Å². The van der Waals surface area contributed by atoms with Crippen molar-refractivity contribution < 1.29 is 13.9 Å². The summed E-state index contributed by atoms with van der Waals surface area (Å²) in [5, 5.41) is 6.85. The van der Waals surface area contributed by atoms with E-state index in [9.17, 15) is 9.18 Å². The minimum absolute atomic E-state index is 0.00709. The summed E-state index contributed by atoms with van der Waals surface area (Å²) in [4.78, 5) is 11.9. The van der Waals surface area contributed by atoms with Crippen LogP contribution >= 0.6 is 0 Å². The number of nitrogens with one attached hydrogen (secondary N) is 1. The van der Waals surface area contributed by atoms with Crippen molar-refractivity contribution in [1.82, 2.24) is 15.1 Å². The van der Waals surface area contributed by atoms with E-state index >= 15 is 0 Å². The first kappa shape index (κ1) is 14.0. The molecule has 0 bridgehead atoms. The minimum Gasteiger partial charge on any atom is -0.497 e. The van der Waals surface area contributed by atoms with E-state index < -0.39 is 11.7 Å². The fourth-order valence-corrected chi connectivity index (χ4v) is 1.90. The molecule has 5 nitrogen and oxygen atoms in total. The van der Waals surface area contributed by atoms with Crippen molar-refractivity contribution in [3.8, 4) is 5.75 Å². The second-order valence-electron chi connectivity index (χ2n) is 4.44. The van der Waals surface area contributed by atoms with Gasteiger partial charge in [-0.05, 0) is 19.1 Å². The smallest absolute Gasteiger partial charge is 0.254 e. The molecule has 0 fully saturated rings. The molecule has 2 rings (SSSR count). The van der Waals surface area contributed by atoms with Gasteiger partial charge in [-0.3, -0.25) is 9.48 Å². The second kappa shape index (κ2) is 5.73. The minimum atomic E-state index is -0.607. The average molecular weight is 277 g/mol. The third kappa shape index (κ3) is 2.96. The van der Waals surface area contributed by atoms with E-state index in [1.807, 2.05) is 20.2 Å². The van der Waals surface area contributed by atoms with Gasteiger partial charge in [0.25, 0.3) is 5.91 Å². The first-order valence-electron chi connectivity index (χ1n) is 6.12. The Hall–Kier alpha value is -2.37. The van der Waals surface area contributed by atoms with Gasteiger partial charge in [-0.25, -0.2) is 4.39 Å². The number of methoxy groups -OCH3 is 1. The van der Waals surface area contributed by atoms with Crippen LogP contribution < -0.4 is 10.1 Å². The van der Waals surface area contributed by atoms with Crippen molar-refractivity contribution in [3.63, 3.8) is 0 Å². The highest BCUT2D eigenvalue weighted by Crippen LogP contribution is 2.16. The maximum absolute atomic E-state index is 13.7. The van der Waals surface area contributed by atoms with Crippen LogP contribution in [0.3, 0.4) is 0 Å². The molecule has 1 aromatic carbocycles. The van der Waals surface area contributed by atoms with Crippen molar-refractivity contribution in [2.75, 3.05) is 7.11 Å². The number of hydrogen-bond acceptors (Lipinski definition) is 3. The number of halogens is 1. The van der Waals surface area contributed by atoms with E-state index in [-0.39, 0.29) is 5.56 Å². The number of aromatic nitrogens is 2. The molecule has 2 aromatic rings. The Morgan fingerprint density at radius 3 is 2.80 bits per heavy atom. The van der Waals surface area contributed by atoms with Crippen LogP contribution in [0.4, 0.5) is 4.39 Å². The van der Waals surface area contributed by atoms with Crippen LogP contribution in [0.1, 0.15) is 21.6 Å². The second-order valence-corrected chi connectivity index (χ2v) is 4.44. The van der Waals surface area contributed by atoms with E-state index in [4.69, 9.17) is 4.74 Å². The Balaban J connectivity index is 2.07. The molecule has 0 spiro atoms. The highest BCUT2D eigenvalue weighted by Gasteiger charge is 2.13. The van der Waals surface area contributed by atoms with E-state index in [2.05, 4.69) is 10.4 Å². The maximum atomic E-state index is 13.7. The van der Waals surface area contributed by atoms with E-state index in [0.717, 1.165) is 11.3 Å². The summed E-state index contributed by atoms with van der Waals surface area (Å²) in [7, 11) is 3.25. The third-order valence-electron chi connectivity index (χ3n) is 2.98. The molecular formula is C14H16FN3O2. The summed E-state index contributed by atoms with van der Waals surface area (Å²) in [6.07, 6.45) is 1.82. The van der Waals surface area contributed by atoms with Crippen molar-refractivity contribution >= 4 is 5.91 Å². The zero-order valence-electron chi connectivity index (χ0n) is 11.6. The van der Waals surface area contributed by atoms with Crippen molar-refractivity contribution in [1.29, 1.82) is 0 Å². The van der Waals surface area contributed by atoms with Crippen LogP contribution in [0, 0.1) is 12.7 Å². The van der Waals surface area contributed by atoms with Gasteiger partial charge in [0.2, 0.25) is 0 Å². The van der Waals surface area contributed by atoms with Crippen molar-refractivity contribution in [2.24, 2.45) is 7.05 Å². The zero-order valence-corrected chi connectivity index (χ0v) is 11.6. The van der Waals surface area contributed by atoms with Gasteiger partial charge < -0.3 is 10.1 Å². The molecule has 0 unspecified atom stereocenters. The quantitative estimate of drug-likeness (QED) is 0.927. The Kier molecular flexibility index (Phi) is 4.02. The van der Waals surface area contributed by atoms with Crippen LogP contribution in [0.2, 0.25) is 0 Å². The molecule has 6 heteroatoms. The number of rotatable bonds is 4. The predicted molar refractivity (Wildman–Crippen MR) is 72.1 cm³/mol. The lowest BCUT2D eigenvalue weighted by molar-refractivity contribution is 0.0947. The molecule has 0 saturated carbocycles. The Morgan fingerprint density at radius 2 is 2.25 bits per heavy atom. The highest BCUT2D eigenvalue weighted by atomic mass is 19.1. The summed E-state index contributed by atoms with van der Waals surface area (Å²) in [5.74, 6) is -0.694. The van der Waals surface area contributed by atoms with Crippen LogP contribution in [0.15, 0.2) is 24.4 Å².